The monoisotopic (exact) mass is 369 g/mol. The Balaban J connectivity index is 1.69. The Morgan fingerprint density at radius 3 is 2.52 bits per heavy atom. The van der Waals surface area contributed by atoms with Crippen LogP contribution >= 0.6 is 0 Å². The zero-order valence-electron chi connectivity index (χ0n) is 15.3. The van der Waals surface area contributed by atoms with Crippen molar-refractivity contribution in [2.24, 2.45) is 0 Å². The largest absolute Gasteiger partial charge is 0.481 e. The summed E-state index contributed by atoms with van der Waals surface area (Å²) in [6, 6.07) is 12.2. The van der Waals surface area contributed by atoms with Crippen LogP contribution in [-0.2, 0) is 4.79 Å². The molecule has 0 saturated heterocycles. The molecule has 5 nitrogen and oxygen atoms in total. The Morgan fingerprint density at radius 2 is 1.81 bits per heavy atom. The van der Waals surface area contributed by atoms with Crippen LogP contribution in [0.1, 0.15) is 31.0 Å². The summed E-state index contributed by atoms with van der Waals surface area (Å²) in [5.74, 6) is -0.210. The maximum Gasteiger partial charge on any atom is 0.336 e. The number of carbonyl (C=O) groups is 1. The fourth-order valence-electron chi connectivity index (χ4n) is 2.80. The van der Waals surface area contributed by atoms with Gasteiger partial charge in [-0.25, -0.2) is 9.18 Å². The smallest absolute Gasteiger partial charge is 0.336 e. The molecule has 3 rings (SSSR count). The highest BCUT2D eigenvalue weighted by atomic mass is 19.1. The minimum Gasteiger partial charge on any atom is -0.481 e. The summed E-state index contributed by atoms with van der Waals surface area (Å²) in [6.07, 6.45) is -0.762. The van der Waals surface area contributed by atoms with Crippen LogP contribution in [0.2, 0.25) is 0 Å². The van der Waals surface area contributed by atoms with Crippen molar-refractivity contribution in [2.75, 3.05) is 0 Å². The van der Waals surface area contributed by atoms with Gasteiger partial charge in [-0.15, -0.1) is 0 Å². The Morgan fingerprint density at radius 1 is 1.11 bits per heavy atom. The molecule has 0 unspecified atom stereocenters. The molecule has 1 aromatic heterocycles. The van der Waals surface area contributed by atoms with Crippen molar-refractivity contribution >= 4 is 16.9 Å². The molecule has 140 valence electrons. The van der Waals surface area contributed by atoms with Gasteiger partial charge in [-0.1, -0.05) is 12.1 Å². The van der Waals surface area contributed by atoms with Crippen LogP contribution in [0.5, 0.6) is 5.75 Å². The molecule has 1 amide bonds. The third-order valence-corrected chi connectivity index (χ3v) is 4.33. The summed E-state index contributed by atoms with van der Waals surface area (Å²) in [7, 11) is 0. The normalized spacial score (nSPS) is 13.2. The Labute approximate surface area is 155 Å². The van der Waals surface area contributed by atoms with Crippen LogP contribution < -0.4 is 15.7 Å². The molecular weight excluding hydrogens is 349 g/mol. The first-order valence-electron chi connectivity index (χ1n) is 8.60. The molecule has 6 heteroatoms. The van der Waals surface area contributed by atoms with E-state index < -0.39 is 11.7 Å². The fourth-order valence-corrected chi connectivity index (χ4v) is 2.80. The van der Waals surface area contributed by atoms with Crippen molar-refractivity contribution in [3.8, 4) is 5.75 Å². The lowest BCUT2D eigenvalue weighted by molar-refractivity contribution is -0.127. The van der Waals surface area contributed by atoms with Crippen LogP contribution in [0.4, 0.5) is 4.39 Å². The number of halogens is 1. The topological polar surface area (TPSA) is 68.5 Å². The zero-order valence-corrected chi connectivity index (χ0v) is 15.3. The van der Waals surface area contributed by atoms with Crippen molar-refractivity contribution in [3.05, 3.63) is 75.9 Å². The quantitative estimate of drug-likeness (QED) is 0.693. The van der Waals surface area contributed by atoms with Gasteiger partial charge in [0.15, 0.2) is 6.10 Å². The van der Waals surface area contributed by atoms with Gasteiger partial charge in [0, 0.05) is 17.5 Å². The van der Waals surface area contributed by atoms with Gasteiger partial charge in [0.1, 0.15) is 17.1 Å². The molecule has 0 aliphatic heterocycles. The number of benzene rings is 2. The van der Waals surface area contributed by atoms with E-state index in [0.29, 0.717) is 11.3 Å². The molecule has 3 aromatic rings. The summed E-state index contributed by atoms with van der Waals surface area (Å²) in [5.41, 5.74) is 1.58. The van der Waals surface area contributed by atoms with Crippen LogP contribution in [0.15, 0.2) is 57.7 Å². The molecule has 0 spiro atoms. The second-order valence-electron chi connectivity index (χ2n) is 6.45. The number of rotatable bonds is 5. The molecule has 2 aromatic carbocycles. The van der Waals surface area contributed by atoms with Gasteiger partial charge in [-0.05, 0) is 56.2 Å². The van der Waals surface area contributed by atoms with Crippen molar-refractivity contribution in [3.63, 3.8) is 0 Å². The van der Waals surface area contributed by atoms with Crippen molar-refractivity contribution < 1.29 is 18.3 Å². The molecule has 27 heavy (non-hydrogen) atoms. The lowest BCUT2D eigenvalue weighted by Gasteiger charge is -2.19. The van der Waals surface area contributed by atoms with Gasteiger partial charge in [0.25, 0.3) is 5.91 Å². The summed E-state index contributed by atoms with van der Waals surface area (Å²) < 4.78 is 23.9. The number of carbonyl (C=O) groups excluding carboxylic acids is 1. The second kappa shape index (κ2) is 7.61. The molecule has 1 heterocycles. The molecule has 0 radical (unpaired) electrons. The highest BCUT2D eigenvalue weighted by Gasteiger charge is 2.18. The third kappa shape index (κ3) is 4.34. The average Bonchev–Trinajstić information content (AvgIpc) is 2.61. The van der Waals surface area contributed by atoms with E-state index in [0.717, 1.165) is 16.5 Å². The second-order valence-corrected chi connectivity index (χ2v) is 6.45. The number of aryl methyl sites for hydroxylation is 1. The summed E-state index contributed by atoms with van der Waals surface area (Å²) >= 11 is 0. The highest BCUT2D eigenvalue weighted by molar-refractivity contribution is 5.83. The molecule has 0 fully saturated rings. The molecule has 0 saturated carbocycles. The number of fused-ring (bicyclic) bond motifs is 1. The third-order valence-electron chi connectivity index (χ3n) is 4.33. The summed E-state index contributed by atoms with van der Waals surface area (Å²) in [4.78, 5) is 23.9. The predicted octanol–water partition coefficient (Wildman–Crippen LogP) is 3.89. The van der Waals surface area contributed by atoms with Crippen molar-refractivity contribution in [2.45, 2.75) is 32.9 Å². The standard InChI is InChI=1S/C21H20FNO4/c1-12-10-20(24)27-19-11-17(8-9-18(12)19)26-14(3)21(25)23-13(2)15-4-6-16(22)7-5-15/h4-11,13-14H,1-3H3,(H,23,25)/t13-,14-/m0/s1. The van der Waals surface area contributed by atoms with Crippen molar-refractivity contribution in [1.82, 2.24) is 5.32 Å². The lowest BCUT2D eigenvalue weighted by Crippen LogP contribution is -2.37. The molecule has 0 bridgehead atoms. The first-order valence-corrected chi connectivity index (χ1v) is 8.60. The zero-order chi connectivity index (χ0) is 19.6. The van der Waals surface area contributed by atoms with Gasteiger partial charge < -0.3 is 14.5 Å². The maximum absolute atomic E-state index is 13.0. The number of amides is 1. The van der Waals surface area contributed by atoms with E-state index in [-0.39, 0.29) is 17.8 Å². The van der Waals surface area contributed by atoms with Crippen LogP contribution in [0, 0.1) is 12.7 Å². The van der Waals surface area contributed by atoms with Gasteiger partial charge >= 0.3 is 5.63 Å². The maximum atomic E-state index is 13.0. The Bertz CT molecular complexity index is 1030. The predicted molar refractivity (Wildman–Crippen MR) is 100 cm³/mol. The number of ether oxygens (including phenoxy) is 1. The van der Waals surface area contributed by atoms with E-state index in [1.54, 1.807) is 37.3 Å². The first kappa shape index (κ1) is 18.6. The lowest BCUT2D eigenvalue weighted by atomic mass is 10.1. The van der Waals surface area contributed by atoms with Crippen molar-refractivity contribution in [1.29, 1.82) is 0 Å². The summed E-state index contributed by atoms with van der Waals surface area (Å²) in [5, 5.41) is 3.64. The van der Waals surface area contributed by atoms with E-state index in [4.69, 9.17) is 9.15 Å². The number of nitrogens with one attached hydrogen (secondary N) is 1. The van der Waals surface area contributed by atoms with Crippen LogP contribution in [0.3, 0.4) is 0 Å². The van der Waals surface area contributed by atoms with Crippen LogP contribution in [-0.4, -0.2) is 12.0 Å². The van der Waals surface area contributed by atoms with Gasteiger partial charge in [0.2, 0.25) is 0 Å². The summed E-state index contributed by atoms with van der Waals surface area (Å²) in [6.45, 7) is 5.27. The van der Waals surface area contributed by atoms with Gasteiger partial charge in [-0.3, -0.25) is 4.79 Å². The Hall–Kier alpha value is -3.15. The number of hydrogen-bond donors (Lipinski definition) is 1. The van der Waals surface area contributed by atoms with E-state index in [1.807, 2.05) is 13.8 Å². The molecule has 0 aliphatic carbocycles. The van der Waals surface area contributed by atoms with E-state index in [1.165, 1.54) is 18.2 Å². The minimum atomic E-state index is -0.762. The molecule has 2 atom stereocenters. The van der Waals surface area contributed by atoms with E-state index in [9.17, 15) is 14.0 Å². The minimum absolute atomic E-state index is 0.290. The Kier molecular flexibility index (Phi) is 5.26. The molecule has 0 aliphatic rings. The fraction of sp³-hybridized carbons (Fsp3) is 0.238. The number of hydrogen-bond acceptors (Lipinski definition) is 4. The van der Waals surface area contributed by atoms with E-state index >= 15 is 0 Å². The average molecular weight is 369 g/mol. The van der Waals surface area contributed by atoms with Gasteiger partial charge in [-0.2, -0.15) is 0 Å². The van der Waals surface area contributed by atoms with Gasteiger partial charge in [0.05, 0.1) is 6.04 Å². The first-order chi connectivity index (χ1) is 12.8. The highest BCUT2D eigenvalue weighted by Crippen LogP contribution is 2.23. The molecule has 1 N–H and O–H groups in total. The SMILES string of the molecule is Cc1cc(=O)oc2cc(O[C@@H](C)C(=O)N[C@@H](C)c3ccc(F)cc3)ccc12. The molecular formula is C21H20FNO4. The van der Waals surface area contributed by atoms with Crippen LogP contribution in [0.25, 0.3) is 11.0 Å². The van der Waals surface area contributed by atoms with E-state index in [2.05, 4.69) is 5.32 Å².